The number of carbonyl (C=O) groups is 2. The van der Waals surface area contributed by atoms with Crippen molar-refractivity contribution < 1.29 is 14.0 Å². The van der Waals surface area contributed by atoms with Gasteiger partial charge in [0.1, 0.15) is 5.82 Å². The molecular weight excluding hydrogens is 451 g/mol. The Morgan fingerprint density at radius 3 is 2.47 bits per heavy atom. The van der Waals surface area contributed by atoms with Crippen LogP contribution in [0.15, 0.2) is 53.0 Å². The van der Waals surface area contributed by atoms with E-state index < -0.39 is 0 Å². The van der Waals surface area contributed by atoms with E-state index in [1.807, 2.05) is 12.1 Å². The first-order valence-electron chi connectivity index (χ1n) is 9.71. The summed E-state index contributed by atoms with van der Waals surface area (Å²) in [6, 6.07) is 13.2. The number of nitrogens with zero attached hydrogens (tertiary/aromatic N) is 2. The Balaban J connectivity index is 1.49. The quantitative estimate of drug-likeness (QED) is 0.591. The van der Waals surface area contributed by atoms with Crippen LogP contribution >= 0.6 is 15.9 Å². The maximum Gasteiger partial charge on any atom is 0.272 e. The molecular formula is C22H20BrFN4O2. The molecule has 1 heterocycles. The van der Waals surface area contributed by atoms with Crippen molar-refractivity contribution in [1.82, 2.24) is 15.1 Å². The van der Waals surface area contributed by atoms with Crippen LogP contribution in [0.1, 0.15) is 34.6 Å². The molecule has 30 heavy (non-hydrogen) atoms. The van der Waals surface area contributed by atoms with Gasteiger partial charge < -0.3 is 10.6 Å². The fraction of sp³-hybridized carbons (Fsp3) is 0.227. The van der Waals surface area contributed by atoms with Crippen LogP contribution in [0.4, 0.5) is 10.1 Å². The minimum absolute atomic E-state index is 0.160. The second-order valence-corrected chi connectivity index (χ2v) is 8.02. The van der Waals surface area contributed by atoms with Crippen LogP contribution in [0, 0.1) is 5.82 Å². The summed E-state index contributed by atoms with van der Waals surface area (Å²) >= 11 is 3.34. The highest BCUT2D eigenvalue weighted by Gasteiger charge is 2.25. The normalized spacial score (nSPS) is 12.9. The lowest BCUT2D eigenvalue weighted by Gasteiger charge is -2.14. The van der Waals surface area contributed by atoms with Crippen molar-refractivity contribution in [3.8, 4) is 5.69 Å². The molecule has 154 valence electrons. The van der Waals surface area contributed by atoms with Crippen LogP contribution in [0.2, 0.25) is 0 Å². The van der Waals surface area contributed by atoms with E-state index in [2.05, 4.69) is 31.7 Å². The Morgan fingerprint density at radius 1 is 1.03 bits per heavy atom. The Bertz CT molecular complexity index is 1080. The topological polar surface area (TPSA) is 76.0 Å². The Labute approximate surface area is 181 Å². The number of hydrogen-bond donors (Lipinski definition) is 2. The predicted octanol–water partition coefficient (Wildman–Crippen LogP) is 4.02. The van der Waals surface area contributed by atoms with E-state index >= 15 is 0 Å². The van der Waals surface area contributed by atoms with E-state index in [1.54, 1.807) is 28.9 Å². The molecule has 4 rings (SSSR count). The number of benzene rings is 2. The zero-order valence-corrected chi connectivity index (χ0v) is 17.7. The van der Waals surface area contributed by atoms with Crippen molar-refractivity contribution in [2.24, 2.45) is 0 Å². The van der Waals surface area contributed by atoms with Crippen molar-refractivity contribution in [2.45, 2.75) is 25.7 Å². The summed E-state index contributed by atoms with van der Waals surface area (Å²) < 4.78 is 15.9. The van der Waals surface area contributed by atoms with E-state index in [0.29, 0.717) is 17.1 Å². The van der Waals surface area contributed by atoms with E-state index in [0.717, 1.165) is 41.4 Å². The summed E-state index contributed by atoms with van der Waals surface area (Å²) in [6.07, 6.45) is 3.55. The molecule has 2 aromatic carbocycles. The smallest absolute Gasteiger partial charge is 0.272 e. The van der Waals surface area contributed by atoms with Gasteiger partial charge in [-0.1, -0.05) is 15.9 Å². The average Bonchev–Trinajstić information content (AvgIpc) is 3.14. The fourth-order valence-electron chi connectivity index (χ4n) is 3.56. The minimum Gasteiger partial charge on any atom is -0.342 e. The molecule has 0 fully saturated rings. The lowest BCUT2D eigenvalue weighted by atomic mass is 9.95. The van der Waals surface area contributed by atoms with Crippen LogP contribution in [0.5, 0.6) is 0 Å². The molecule has 0 bridgehead atoms. The van der Waals surface area contributed by atoms with E-state index in [1.165, 1.54) is 12.1 Å². The molecule has 0 saturated carbocycles. The van der Waals surface area contributed by atoms with E-state index in [-0.39, 0.29) is 24.2 Å². The number of anilines is 1. The number of halogens is 2. The van der Waals surface area contributed by atoms with Gasteiger partial charge in [0.25, 0.3) is 5.91 Å². The Hall–Kier alpha value is -3.00. The number of nitrogens with one attached hydrogen (secondary N) is 2. The zero-order valence-electron chi connectivity index (χ0n) is 16.1. The number of carbonyl (C=O) groups excluding carboxylic acids is 2. The van der Waals surface area contributed by atoms with E-state index in [4.69, 9.17) is 0 Å². The van der Waals surface area contributed by atoms with Gasteiger partial charge >= 0.3 is 0 Å². The van der Waals surface area contributed by atoms with Crippen molar-refractivity contribution >= 4 is 33.4 Å². The standard InChI is InChI=1S/C22H20BrFN4O2/c23-14-5-9-16(10-6-14)26-20(29)13-25-22(30)21-18-3-1-2-4-19(18)28(27-21)17-11-7-15(24)8-12-17/h5-12H,1-4,13H2,(H,25,30)(H,26,29). The van der Waals surface area contributed by atoms with Crippen LogP contribution in [-0.4, -0.2) is 28.1 Å². The molecule has 2 N–H and O–H groups in total. The first kappa shape index (κ1) is 20.3. The highest BCUT2D eigenvalue weighted by atomic mass is 79.9. The maximum atomic E-state index is 13.3. The monoisotopic (exact) mass is 470 g/mol. The Kier molecular flexibility index (Phi) is 5.94. The van der Waals surface area contributed by atoms with Gasteiger partial charge in [0.15, 0.2) is 5.69 Å². The summed E-state index contributed by atoms with van der Waals surface area (Å²) in [5.74, 6) is -1.04. The molecule has 3 aromatic rings. The fourth-order valence-corrected chi connectivity index (χ4v) is 3.82. The molecule has 1 aliphatic rings. The summed E-state index contributed by atoms with van der Waals surface area (Å²) in [4.78, 5) is 25.0. The first-order valence-corrected chi connectivity index (χ1v) is 10.5. The number of amides is 2. The lowest BCUT2D eigenvalue weighted by molar-refractivity contribution is -0.115. The van der Waals surface area contributed by atoms with Gasteiger partial charge in [-0.2, -0.15) is 5.10 Å². The van der Waals surface area contributed by atoms with Gasteiger partial charge in [-0.05, 0) is 74.2 Å². The van der Waals surface area contributed by atoms with Gasteiger partial charge in [-0.3, -0.25) is 9.59 Å². The zero-order chi connectivity index (χ0) is 21.1. The van der Waals surface area contributed by atoms with Gasteiger partial charge in [-0.15, -0.1) is 0 Å². The molecule has 0 radical (unpaired) electrons. The SMILES string of the molecule is O=C(CNC(=O)c1nn(-c2ccc(F)cc2)c2c1CCCC2)Nc1ccc(Br)cc1. The van der Waals surface area contributed by atoms with Gasteiger partial charge in [-0.25, -0.2) is 9.07 Å². The summed E-state index contributed by atoms with van der Waals surface area (Å²) in [6.45, 7) is -0.160. The van der Waals surface area contributed by atoms with Crippen molar-refractivity contribution in [1.29, 1.82) is 0 Å². The third-order valence-corrected chi connectivity index (χ3v) is 5.53. The maximum absolute atomic E-state index is 13.3. The second kappa shape index (κ2) is 8.79. The molecule has 8 heteroatoms. The molecule has 0 unspecified atom stereocenters. The van der Waals surface area contributed by atoms with Gasteiger partial charge in [0, 0.05) is 21.4 Å². The van der Waals surface area contributed by atoms with Crippen LogP contribution in [0.3, 0.4) is 0 Å². The predicted molar refractivity (Wildman–Crippen MR) is 115 cm³/mol. The Morgan fingerprint density at radius 2 is 1.73 bits per heavy atom. The van der Waals surface area contributed by atoms with Crippen LogP contribution in [0.25, 0.3) is 5.69 Å². The van der Waals surface area contributed by atoms with Gasteiger partial charge in [0.05, 0.1) is 12.2 Å². The molecule has 0 atom stereocenters. The molecule has 1 aromatic heterocycles. The number of hydrogen-bond acceptors (Lipinski definition) is 3. The highest BCUT2D eigenvalue weighted by Crippen LogP contribution is 2.27. The third kappa shape index (κ3) is 4.43. The average molecular weight is 471 g/mol. The second-order valence-electron chi connectivity index (χ2n) is 7.11. The third-order valence-electron chi connectivity index (χ3n) is 5.00. The summed E-state index contributed by atoms with van der Waals surface area (Å²) in [7, 11) is 0. The minimum atomic E-state index is -0.389. The summed E-state index contributed by atoms with van der Waals surface area (Å²) in [5.41, 5.74) is 3.55. The lowest BCUT2D eigenvalue weighted by Crippen LogP contribution is -2.33. The van der Waals surface area contributed by atoms with Crippen LogP contribution in [-0.2, 0) is 17.6 Å². The molecule has 0 saturated heterocycles. The molecule has 0 spiro atoms. The van der Waals surface area contributed by atoms with Gasteiger partial charge in [0.2, 0.25) is 5.91 Å². The largest absolute Gasteiger partial charge is 0.342 e. The highest BCUT2D eigenvalue weighted by molar-refractivity contribution is 9.10. The van der Waals surface area contributed by atoms with Crippen molar-refractivity contribution in [3.63, 3.8) is 0 Å². The number of fused-ring (bicyclic) bond motifs is 1. The number of rotatable bonds is 5. The van der Waals surface area contributed by atoms with Crippen molar-refractivity contribution in [2.75, 3.05) is 11.9 Å². The molecule has 6 nitrogen and oxygen atoms in total. The molecule has 2 amide bonds. The summed E-state index contributed by atoms with van der Waals surface area (Å²) in [5, 5.41) is 9.91. The molecule has 0 aliphatic heterocycles. The molecule has 1 aliphatic carbocycles. The van der Waals surface area contributed by atoms with E-state index in [9.17, 15) is 14.0 Å². The van der Waals surface area contributed by atoms with Crippen LogP contribution < -0.4 is 10.6 Å². The number of aromatic nitrogens is 2. The first-order chi connectivity index (χ1) is 14.5. The van der Waals surface area contributed by atoms with Crippen molar-refractivity contribution in [3.05, 3.63) is 75.8 Å².